The Hall–Kier alpha value is -3.50. The monoisotopic (exact) mass is 498 g/mol. The molecule has 0 amide bonds. The van der Waals surface area contributed by atoms with Gasteiger partial charge in [0.05, 0.1) is 12.1 Å². The molecule has 0 aliphatic heterocycles. The first-order chi connectivity index (χ1) is 16.6. The van der Waals surface area contributed by atoms with Gasteiger partial charge in [-0.1, -0.05) is 62.7 Å². The van der Waals surface area contributed by atoms with Crippen LogP contribution >= 0.6 is 8.03 Å². The summed E-state index contributed by atoms with van der Waals surface area (Å²) < 4.78 is 46.8. The lowest BCUT2D eigenvalue weighted by Crippen LogP contribution is -2.24. The van der Waals surface area contributed by atoms with E-state index in [4.69, 9.17) is 6.42 Å². The molecule has 2 N–H and O–H groups in total. The molecule has 0 aliphatic rings. The van der Waals surface area contributed by atoms with E-state index in [1.165, 1.54) is 12.1 Å². The molecule has 180 valence electrons. The van der Waals surface area contributed by atoms with Gasteiger partial charge in [0.1, 0.15) is 23.7 Å². The minimum absolute atomic E-state index is 0.00878. The number of nitrogens with zero attached hydrogens (tertiary/aromatic N) is 1. The van der Waals surface area contributed by atoms with Crippen molar-refractivity contribution in [1.82, 2.24) is 4.98 Å². The fourth-order valence-electron chi connectivity index (χ4n) is 3.86. The van der Waals surface area contributed by atoms with Gasteiger partial charge in [-0.15, -0.1) is 0 Å². The Morgan fingerprint density at radius 3 is 2.29 bits per heavy atom. The van der Waals surface area contributed by atoms with Crippen LogP contribution in [0.1, 0.15) is 43.1 Å². The van der Waals surface area contributed by atoms with Crippen LogP contribution in [-0.4, -0.2) is 27.1 Å². The van der Waals surface area contributed by atoms with E-state index in [0.717, 1.165) is 12.1 Å². The number of aliphatic hydroxyl groups is 1. The number of hydrogen-bond donors (Lipinski definition) is 2. The summed E-state index contributed by atoms with van der Waals surface area (Å²) in [5.41, 5.74) is -0.866. The minimum atomic E-state index is -3.19. The molecule has 0 saturated carbocycles. The minimum Gasteiger partial charge on any atom is -0.387 e. The van der Waals surface area contributed by atoms with E-state index in [-0.39, 0.29) is 34.0 Å². The zero-order valence-electron chi connectivity index (χ0n) is 19.0. The lowest BCUT2D eigenvalue weighted by molar-refractivity contribution is -0.139. The van der Waals surface area contributed by atoms with Crippen LogP contribution in [0.25, 0.3) is 22.4 Å². The summed E-state index contributed by atoms with van der Waals surface area (Å²) in [6, 6.07) is 13.4. The number of rotatable bonds is 8. The molecular weight excluding hydrogens is 475 g/mol. The number of ether oxygens (including phenoxy) is 1. The number of benzene rings is 2. The molecule has 0 bridgehead atoms. The van der Waals surface area contributed by atoms with Gasteiger partial charge in [-0.3, -0.25) is 4.79 Å². The number of carbonyl (C=O) groups is 1. The van der Waals surface area contributed by atoms with Crippen molar-refractivity contribution >= 4 is 14.0 Å². The van der Waals surface area contributed by atoms with Crippen LogP contribution in [0.2, 0.25) is 0 Å². The molecule has 9 heteroatoms. The molecule has 0 fully saturated rings. The average Bonchev–Trinajstić information content (AvgIpc) is 2.80. The number of pyridine rings is 1. The molecule has 6 nitrogen and oxygen atoms in total. The normalized spacial score (nSPS) is 13.1. The zero-order valence-corrected chi connectivity index (χ0v) is 19.9. The van der Waals surface area contributed by atoms with Gasteiger partial charge in [0.25, 0.3) is 0 Å². The van der Waals surface area contributed by atoms with Crippen LogP contribution in [0.5, 0.6) is 0 Å². The van der Waals surface area contributed by atoms with Gasteiger partial charge >= 0.3 is 14.0 Å². The van der Waals surface area contributed by atoms with Crippen molar-refractivity contribution in [2.24, 2.45) is 0 Å². The fraction of sp³-hybridized carbons (Fsp3) is 0.231. The van der Waals surface area contributed by atoms with E-state index in [9.17, 15) is 23.7 Å². The summed E-state index contributed by atoms with van der Waals surface area (Å²) in [6.07, 6.45) is 4.18. The molecular formula is C26H23F2NO5P+. The van der Waals surface area contributed by atoms with Gasteiger partial charge in [0, 0.05) is 16.7 Å². The lowest BCUT2D eigenvalue weighted by atomic mass is 9.88. The Labute approximate surface area is 202 Å². The number of aromatic nitrogens is 1. The quantitative estimate of drug-likeness (QED) is 0.243. The topological polar surface area (TPSA) is 96.7 Å². The summed E-state index contributed by atoms with van der Waals surface area (Å²) in [4.78, 5) is 26.6. The molecule has 0 saturated heterocycles. The zero-order chi connectivity index (χ0) is 25.7. The van der Waals surface area contributed by atoms with Crippen molar-refractivity contribution < 1.29 is 32.9 Å². The third kappa shape index (κ3) is 5.77. The maximum Gasteiger partial charge on any atom is 0.516 e. The Morgan fingerprint density at radius 1 is 1.11 bits per heavy atom. The highest BCUT2D eigenvalue weighted by Gasteiger charge is 2.45. The maximum atomic E-state index is 16.2. The summed E-state index contributed by atoms with van der Waals surface area (Å²) in [5, 5.41) is 10.8. The van der Waals surface area contributed by atoms with Crippen LogP contribution in [-0.2, 0) is 14.1 Å². The lowest BCUT2D eigenvalue weighted by Gasteiger charge is -2.23. The molecule has 3 aromatic rings. The van der Waals surface area contributed by atoms with E-state index in [2.05, 4.69) is 9.72 Å². The van der Waals surface area contributed by atoms with E-state index >= 15 is 4.39 Å². The SMILES string of the molecule is C#COC(=O)CC(O)C(c1c(C(C)C)nc(-c2ccccc2)c(F)c1-c1ccc(F)cc1)[P+](=O)O. The molecule has 1 aromatic heterocycles. The average molecular weight is 498 g/mol. The molecule has 2 aromatic carbocycles. The largest absolute Gasteiger partial charge is 0.516 e. The first kappa shape index (κ1) is 26.1. The van der Waals surface area contributed by atoms with Crippen molar-refractivity contribution in [3.8, 4) is 34.9 Å². The highest BCUT2D eigenvalue weighted by Crippen LogP contribution is 2.49. The second-order valence-electron chi connectivity index (χ2n) is 8.09. The Morgan fingerprint density at radius 2 is 1.74 bits per heavy atom. The smallest absolute Gasteiger partial charge is 0.387 e. The Balaban J connectivity index is 2.38. The molecule has 0 aliphatic carbocycles. The molecule has 3 rings (SSSR count). The second-order valence-corrected chi connectivity index (χ2v) is 9.25. The van der Waals surface area contributed by atoms with E-state index in [0.29, 0.717) is 5.56 Å². The van der Waals surface area contributed by atoms with Crippen molar-refractivity contribution in [3.63, 3.8) is 0 Å². The van der Waals surface area contributed by atoms with E-state index in [1.807, 2.05) is 0 Å². The number of hydrogen-bond acceptors (Lipinski definition) is 5. The van der Waals surface area contributed by atoms with Crippen LogP contribution in [0.15, 0.2) is 54.6 Å². The van der Waals surface area contributed by atoms with Crippen molar-refractivity contribution in [1.29, 1.82) is 0 Å². The summed E-state index contributed by atoms with van der Waals surface area (Å²) in [7, 11) is -3.19. The van der Waals surface area contributed by atoms with Crippen LogP contribution < -0.4 is 0 Å². The molecule has 35 heavy (non-hydrogen) atoms. The van der Waals surface area contributed by atoms with Gasteiger partial charge < -0.3 is 9.84 Å². The van der Waals surface area contributed by atoms with Crippen LogP contribution in [0.3, 0.4) is 0 Å². The molecule has 3 unspecified atom stereocenters. The summed E-state index contributed by atoms with van der Waals surface area (Å²) >= 11 is 0. The molecule has 0 spiro atoms. The predicted octanol–water partition coefficient (Wildman–Crippen LogP) is 5.48. The number of terminal acetylenes is 1. The third-order valence-corrected chi connectivity index (χ3v) is 6.46. The van der Waals surface area contributed by atoms with Crippen molar-refractivity contribution in [2.75, 3.05) is 0 Å². The van der Waals surface area contributed by atoms with Gasteiger partial charge in [-0.25, -0.2) is 13.8 Å². The maximum absolute atomic E-state index is 16.2. The molecule has 0 radical (unpaired) electrons. The third-order valence-electron chi connectivity index (χ3n) is 5.38. The number of halogens is 2. The predicted molar refractivity (Wildman–Crippen MR) is 127 cm³/mol. The van der Waals surface area contributed by atoms with Crippen LogP contribution in [0.4, 0.5) is 8.78 Å². The first-order valence-corrected chi connectivity index (χ1v) is 12.0. The molecule has 1 heterocycles. The number of carbonyl (C=O) groups excluding carboxylic acids is 1. The number of esters is 1. The second kappa shape index (κ2) is 11.3. The fourth-order valence-corrected chi connectivity index (χ4v) is 4.74. The van der Waals surface area contributed by atoms with E-state index in [1.54, 1.807) is 50.3 Å². The van der Waals surface area contributed by atoms with Gasteiger partial charge in [0.15, 0.2) is 5.82 Å². The number of aliphatic hydroxyl groups excluding tert-OH is 1. The van der Waals surface area contributed by atoms with Gasteiger partial charge in [-0.05, 0) is 28.2 Å². The highest BCUT2D eigenvalue weighted by atomic mass is 31.1. The van der Waals surface area contributed by atoms with Crippen molar-refractivity contribution in [2.45, 2.75) is 37.9 Å². The van der Waals surface area contributed by atoms with Crippen molar-refractivity contribution in [3.05, 3.63) is 77.5 Å². The Kier molecular flexibility index (Phi) is 8.42. The summed E-state index contributed by atoms with van der Waals surface area (Å²) in [6.45, 7) is 3.51. The summed E-state index contributed by atoms with van der Waals surface area (Å²) in [5.74, 6) is -2.75. The molecule has 3 atom stereocenters. The Bertz CT molecular complexity index is 1270. The van der Waals surface area contributed by atoms with E-state index < -0.39 is 43.8 Å². The standard InChI is InChI=1S/C26H22F2NO5P/c1-4-34-20(31)14-19(30)26(35(32)33)22-21(16-10-12-18(27)13-11-16)23(28)25(29-24(22)15(2)3)17-8-6-5-7-9-17/h1,5-13,15,19,26,30H,14H2,2-3H3/p+1. The van der Waals surface area contributed by atoms with Gasteiger partial charge in [0.2, 0.25) is 5.66 Å². The van der Waals surface area contributed by atoms with Gasteiger partial charge in [-0.2, -0.15) is 4.89 Å². The highest BCUT2D eigenvalue weighted by molar-refractivity contribution is 7.38. The van der Waals surface area contributed by atoms with Crippen LogP contribution in [0, 0.1) is 24.2 Å². The first-order valence-electron chi connectivity index (χ1n) is 10.7.